The first-order valence-electron chi connectivity index (χ1n) is 17.2. The first-order valence-corrected chi connectivity index (χ1v) is 25.6. The molecule has 48 heavy (non-hydrogen) atoms. The van der Waals surface area contributed by atoms with Crippen molar-refractivity contribution in [3.05, 3.63) is 131 Å². The predicted molar refractivity (Wildman–Crippen MR) is 215 cm³/mol. The average molecular weight is 771 g/mol. The van der Waals surface area contributed by atoms with Crippen molar-refractivity contribution in [2.75, 3.05) is 0 Å². The molecule has 0 aliphatic heterocycles. The van der Waals surface area contributed by atoms with Gasteiger partial charge < -0.3 is 0 Å². The normalized spacial score (nSPS) is 11.3. The van der Waals surface area contributed by atoms with Crippen LogP contribution in [0.25, 0.3) is 43.8 Å². The van der Waals surface area contributed by atoms with Crippen LogP contribution in [-0.4, -0.2) is 9.52 Å². The summed E-state index contributed by atoms with van der Waals surface area (Å²) < 4.78 is 0. The zero-order valence-electron chi connectivity index (χ0n) is 30.3. The van der Waals surface area contributed by atoms with Gasteiger partial charge in [-0.3, -0.25) is 0 Å². The van der Waals surface area contributed by atoms with Crippen LogP contribution in [0.4, 0.5) is 0 Å². The van der Waals surface area contributed by atoms with Gasteiger partial charge in [0, 0.05) is 9.52 Å². The molecule has 0 saturated heterocycles. The van der Waals surface area contributed by atoms with E-state index in [4.69, 9.17) is 17.0 Å². The van der Waals surface area contributed by atoms with Crippen LogP contribution in [0.3, 0.4) is 0 Å². The van der Waals surface area contributed by atoms with Crippen molar-refractivity contribution in [3.8, 4) is 22.3 Å². The summed E-state index contributed by atoms with van der Waals surface area (Å²) in [4.78, 5) is 0. The minimum absolute atomic E-state index is 0.577. The maximum absolute atomic E-state index is 4.93. The third-order valence-corrected chi connectivity index (χ3v) is 8.95. The van der Waals surface area contributed by atoms with Crippen molar-refractivity contribution in [1.82, 2.24) is 0 Å². The summed E-state index contributed by atoms with van der Waals surface area (Å²) in [5, 5.41) is 5.46. The van der Waals surface area contributed by atoms with Crippen LogP contribution >= 0.6 is 17.0 Å². The summed E-state index contributed by atoms with van der Waals surface area (Å²) in [5.41, 5.74) is 11.0. The molecule has 0 saturated carbocycles. The van der Waals surface area contributed by atoms with E-state index in [0.717, 1.165) is 15.9 Å². The van der Waals surface area contributed by atoms with E-state index in [0.29, 0.717) is 17.8 Å². The Morgan fingerprint density at radius 2 is 1.08 bits per heavy atom. The molecule has 0 N–H and O–H groups in total. The van der Waals surface area contributed by atoms with Gasteiger partial charge in [0.15, 0.2) is 0 Å². The predicted octanol–water partition coefficient (Wildman–Crippen LogP) is 14.9. The van der Waals surface area contributed by atoms with Gasteiger partial charge in [-0.2, -0.15) is 12.1 Å². The van der Waals surface area contributed by atoms with Crippen molar-refractivity contribution in [2.24, 2.45) is 0 Å². The molecule has 0 heterocycles. The van der Waals surface area contributed by atoms with Crippen molar-refractivity contribution < 1.29 is 20.8 Å². The van der Waals surface area contributed by atoms with E-state index >= 15 is 0 Å². The molecule has 6 rings (SSSR count). The molecule has 0 spiro atoms. The second-order valence-electron chi connectivity index (χ2n) is 13.1. The van der Waals surface area contributed by atoms with Gasteiger partial charge in [-0.25, -0.2) is 0 Å². The van der Waals surface area contributed by atoms with Crippen LogP contribution < -0.4 is 0 Å². The SMILES string of the molecule is CC(C)c1ccc(-c2cccc3[cH-]c(C(C)C)cc23)cc1.CCc1cc2c(-c3ccc(C(C)CC)cc3)cccc2[cH-]1.C[Si]C.[Cl][Zr+2][Cl]. The molecular formula is C44H52Cl2SiZr. The van der Waals surface area contributed by atoms with Gasteiger partial charge in [-0.15, -0.1) is 69.1 Å². The number of fused-ring (bicyclic) bond motifs is 2. The first-order chi connectivity index (χ1) is 23.1. The summed E-state index contributed by atoms with van der Waals surface area (Å²) in [7, 11) is 11.0. The molecule has 0 amide bonds. The Balaban J connectivity index is 0.000000224. The minimum atomic E-state index is -0.826. The molecular weight excluding hydrogens is 719 g/mol. The first kappa shape index (κ1) is 40.2. The van der Waals surface area contributed by atoms with Crippen LogP contribution in [0.5, 0.6) is 0 Å². The van der Waals surface area contributed by atoms with E-state index in [1.54, 1.807) is 0 Å². The van der Waals surface area contributed by atoms with Gasteiger partial charge in [0.25, 0.3) is 0 Å². The van der Waals surface area contributed by atoms with Gasteiger partial charge in [0.1, 0.15) is 0 Å². The standard InChI is InChI=1S/2C21H23.C2H6Si.2ClH.Zr/c1-14(2)16-8-10-17(11-9-16)20-7-5-6-18-12-19(15(3)4)13-21(18)20;1-4-15(3)17-9-11-18(12-10-17)20-8-6-7-19-13-16(5-2)14-21(19)20;1-3-2;;;/h5-15H,1-4H3;6-15H,4-5H2,1-3H3;1-2H3;2*1H;/q2*-1;;;;+4/p-2. The Bertz CT molecular complexity index is 1790. The van der Waals surface area contributed by atoms with E-state index in [-0.39, 0.29) is 0 Å². The van der Waals surface area contributed by atoms with E-state index in [2.05, 4.69) is 171 Å². The van der Waals surface area contributed by atoms with Crippen molar-refractivity contribution in [1.29, 1.82) is 0 Å². The van der Waals surface area contributed by atoms with Crippen molar-refractivity contribution >= 4 is 48.1 Å². The molecule has 4 heteroatoms. The molecule has 6 aromatic rings. The van der Waals surface area contributed by atoms with E-state index < -0.39 is 20.8 Å². The Morgan fingerprint density at radius 3 is 1.52 bits per heavy atom. The molecule has 2 radical (unpaired) electrons. The molecule has 1 atom stereocenters. The zero-order valence-corrected chi connectivity index (χ0v) is 35.3. The van der Waals surface area contributed by atoms with E-state index in [1.165, 1.54) is 72.5 Å². The molecule has 0 aliphatic carbocycles. The number of benzene rings is 4. The van der Waals surface area contributed by atoms with Crippen LogP contribution in [0, 0.1) is 0 Å². The quantitative estimate of drug-likeness (QED) is 0.112. The summed E-state index contributed by atoms with van der Waals surface area (Å²) in [5.74, 6) is 1.80. The fourth-order valence-electron chi connectivity index (χ4n) is 5.87. The van der Waals surface area contributed by atoms with Crippen LogP contribution in [-0.2, 0) is 27.3 Å². The second kappa shape index (κ2) is 20.5. The summed E-state index contributed by atoms with van der Waals surface area (Å²) in [6.07, 6.45) is 2.29. The molecule has 0 fully saturated rings. The van der Waals surface area contributed by atoms with Gasteiger partial charge in [0.2, 0.25) is 0 Å². The van der Waals surface area contributed by atoms with E-state index in [1.807, 2.05) is 0 Å². The summed E-state index contributed by atoms with van der Waals surface area (Å²) in [6, 6.07) is 40.7. The number of rotatable bonds is 7. The summed E-state index contributed by atoms with van der Waals surface area (Å²) in [6.45, 7) is 20.0. The fourth-order valence-corrected chi connectivity index (χ4v) is 5.87. The third kappa shape index (κ3) is 10.9. The molecule has 6 aromatic carbocycles. The van der Waals surface area contributed by atoms with Gasteiger partial charge in [-0.05, 0) is 52.8 Å². The number of hydrogen-bond donors (Lipinski definition) is 0. The maximum atomic E-state index is 4.93. The topological polar surface area (TPSA) is 0 Å². The number of halogens is 2. The van der Waals surface area contributed by atoms with Gasteiger partial charge in [-0.1, -0.05) is 133 Å². The van der Waals surface area contributed by atoms with Crippen LogP contribution in [0.1, 0.15) is 94.9 Å². The van der Waals surface area contributed by atoms with Crippen LogP contribution in [0.2, 0.25) is 13.1 Å². The molecule has 250 valence electrons. The zero-order chi connectivity index (χ0) is 35.2. The van der Waals surface area contributed by atoms with Crippen LogP contribution in [0.15, 0.2) is 109 Å². The Labute approximate surface area is 312 Å². The third-order valence-electron chi connectivity index (χ3n) is 8.95. The monoisotopic (exact) mass is 768 g/mol. The second-order valence-corrected chi connectivity index (χ2v) is 17.8. The van der Waals surface area contributed by atoms with Crippen molar-refractivity contribution in [3.63, 3.8) is 0 Å². The van der Waals surface area contributed by atoms with Gasteiger partial charge in [0.05, 0.1) is 0 Å². The molecule has 0 nitrogen and oxygen atoms in total. The summed E-state index contributed by atoms with van der Waals surface area (Å²) >= 11 is -0.826. The Morgan fingerprint density at radius 1 is 0.625 bits per heavy atom. The number of aryl methyl sites for hydroxylation is 1. The van der Waals surface area contributed by atoms with E-state index in [9.17, 15) is 0 Å². The molecule has 1 unspecified atom stereocenters. The Hall–Kier alpha value is -2.22. The van der Waals surface area contributed by atoms with Crippen molar-refractivity contribution in [2.45, 2.75) is 92.2 Å². The molecule has 0 aromatic heterocycles. The molecule has 0 bridgehead atoms. The Kier molecular flexibility index (Phi) is 17.1. The number of hydrogen-bond acceptors (Lipinski definition) is 0. The molecule has 0 aliphatic rings. The average Bonchev–Trinajstić information content (AvgIpc) is 3.74. The fraction of sp³-hybridized carbons (Fsp3) is 0.318. The van der Waals surface area contributed by atoms with Gasteiger partial charge >= 0.3 is 37.9 Å².